The van der Waals surface area contributed by atoms with E-state index in [1.165, 1.54) is 11.1 Å². The molecule has 0 aromatic heterocycles. The van der Waals surface area contributed by atoms with Gasteiger partial charge in [-0.1, -0.05) is 31.6 Å². The van der Waals surface area contributed by atoms with E-state index in [4.69, 9.17) is 4.74 Å². The molecule has 2 aliphatic rings. The van der Waals surface area contributed by atoms with E-state index in [-0.39, 0.29) is 42.4 Å². The molecule has 0 aromatic rings. The van der Waals surface area contributed by atoms with Gasteiger partial charge in [0.2, 0.25) is 0 Å². The molecule has 6 heteroatoms. The monoisotopic (exact) mass is 320 g/mol. The molecule has 2 rings (SSSR count). The van der Waals surface area contributed by atoms with Gasteiger partial charge in [-0.2, -0.15) is 0 Å². The lowest BCUT2D eigenvalue weighted by Gasteiger charge is -2.14. The van der Waals surface area contributed by atoms with Gasteiger partial charge in [0.1, 0.15) is 6.54 Å². The third-order valence-electron chi connectivity index (χ3n) is 4.43. The predicted octanol–water partition coefficient (Wildman–Crippen LogP) is 2.52. The summed E-state index contributed by atoms with van der Waals surface area (Å²) in [6, 6.07) is -0.461. The minimum absolute atomic E-state index is 0.0178. The minimum atomic E-state index is -0.461. The zero-order valence-corrected chi connectivity index (χ0v) is 14.3. The Kier molecular flexibility index (Phi) is 4.63. The molecular formula is C17H24N2O4. The van der Waals surface area contributed by atoms with Crippen LogP contribution in [0.3, 0.4) is 0 Å². The van der Waals surface area contributed by atoms with Crippen LogP contribution in [0.2, 0.25) is 0 Å². The molecule has 126 valence electrons. The lowest BCUT2D eigenvalue weighted by Crippen LogP contribution is -2.34. The summed E-state index contributed by atoms with van der Waals surface area (Å²) in [7, 11) is 0. The summed E-state index contributed by atoms with van der Waals surface area (Å²) in [5.74, 6) is -0.805. The quantitative estimate of drug-likeness (QED) is 0.443. The fraction of sp³-hybridized carbons (Fsp3) is 0.588. The highest BCUT2D eigenvalue weighted by Gasteiger charge is 2.61. The largest absolute Gasteiger partial charge is 0.443 e. The average molecular weight is 320 g/mol. The lowest BCUT2D eigenvalue weighted by atomic mass is 10.1. The van der Waals surface area contributed by atoms with Crippen molar-refractivity contribution in [2.45, 2.75) is 34.6 Å². The molecule has 0 radical (unpaired) electrons. The number of ether oxygens (including phenoxy) is 1. The maximum atomic E-state index is 12.3. The molecule has 0 spiro atoms. The van der Waals surface area contributed by atoms with Gasteiger partial charge >= 0.3 is 12.0 Å². The molecule has 1 heterocycles. The standard InChI is InChI=1S/C17H24N2O4/c1-6-7-18-9-13(20)19(16(18)22)10-23-15(21)14-12(8-11(2)3)17(14,4)5/h6-8,12,14H,9-10H2,1-5H3/t12-,14+/m1/s1. The number of hydrogen-bond acceptors (Lipinski definition) is 4. The number of hydrogen-bond donors (Lipinski definition) is 0. The summed E-state index contributed by atoms with van der Waals surface area (Å²) in [6.07, 6.45) is 5.29. The summed E-state index contributed by atoms with van der Waals surface area (Å²) in [6.45, 7) is 9.45. The number of esters is 1. The fourth-order valence-corrected chi connectivity index (χ4v) is 3.00. The second kappa shape index (κ2) is 6.18. The van der Waals surface area contributed by atoms with Gasteiger partial charge in [-0.05, 0) is 32.1 Å². The van der Waals surface area contributed by atoms with Crippen LogP contribution in [0.25, 0.3) is 0 Å². The molecule has 0 aromatic carbocycles. The molecule has 0 bridgehead atoms. The first-order chi connectivity index (χ1) is 10.7. The third-order valence-corrected chi connectivity index (χ3v) is 4.43. The second-order valence-corrected chi connectivity index (χ2v) is 6.88. The van der Waals surface area contributed by atoms with Crippen LogP contribution < -0.4 is 0 Å². The van der Waals surface area contributed by atoms with Crippen molar-refractivity contribution in [3.63, 3.8) is 0 Å². The molecule has 0 unspecified atom stereocenters. The van der Waals surface area contributed by atoms with Gasteiger partial charge in [-0.3, -0.25) is 14.5 Å². The van der Waals surface area contributed by atoms with Gasteiger partial charge in [0.25, 0.3) is 5.91 Å². The molecule has 3 amide bonds. The Morgan fingerprint density at radius 3 is 2.57 bits per heavy atom. The van der Waals surface area contributed by atoms with Crippen LogP contribution in [-0.4, -0.2) is 41.0 Å². The van der Waals surface area contributed by atoms with E-state index in [0.29, 0.717) is 0 Å². The number of urea groups is 1. The SMILES string of the molecule is CC=CN1CC(=O)N(COC(=O)[C@@H]2[C@@H](C=C(C)C)C2(C)C)C1=O. The Morgan fingerprint density at radius 2 is 2.00 bits per heavy atom. The second-order valence-electron chi connectivity index (χ2n) is 6.88. The highest BCUT2D eigenvalue weighted by molar-refractivity contribution is 6.02. The molecule has 1 saturated heterocycles. The van der Waals surface area contributed by atoms with Crippen molar-refractivity contribution in [2.75, 3.05) is 13.3 Å². The zero-order valence-electron chi connectivity index (χ0n) is 14.3. The van der Waals surface area contributed by atoms with Crippen molar-refractivity contribution < 1.29 is 19.1 Å². The van der Waals surface area contributed by atoms with Crippen LogP contribution in [0, 0.1) is 17.3 Å². The van der Waals surface area contributed by atoms with E-state index < -0.39 is 6.03 Å². The van der Waals surface area contributed by atoms with Gasteiger partial charge in [0.15, 0.2) is 6.73 Å². The highest BCUT2D eigenvalue weighted by Crippen LogP contribution is 2.59. The van der Waals surface area contributed by atoms with E-state index in [2.05, 4.69) is 6.08 Å². The van der Waals surface area contributed by atoms with Crippen molar-refractivity contribution >= 4 is 17.9 Å². The normalized spacial score (nSPS) is 26.0. The first-order valence-corrected chi connectivity index (χ1v) is 7.75. The molecule has 1 aliphatic heterocycles. The van der Waals surface area contributed by atoms with Crippen LogP contribution >= 0.6 is 0 Å². The van der Waals surface area contributed by atoms with E-state index >= 15 is 0 Å². The van der Waals surface area contributed by atoms with E-state index in [9.17, 15) is 14.4 Å². The van der Waals surface area contributed by atoms with Crippen LogP contribution in [0.1, 0.15) is 34.6 Å². The average Bonchev–Trinajstić information content (AvgIpc) is 2.85. The van der Waals surface area contributed by atoms with Crippen LogP contribution in [0.4, 0.5) is 4.79 Å². The van der Waals surface area contributed by atoms with Crippen LogP contribution in [-0.2, 0) is 14.3 Å². The lowest BCUT2D eigenvalue weighted by molar-refractivity contribution is -0.151. The van der Waals surface area contributed by atoms with Gasteiger partial charge in [0.05, 0.1) is 5.92 Å². The van der Waals surface area contributed by atoms with Crippen LogP contribution in [0.15, 0.2) is 23.9 Å². The van der Waals surface area contributed by atoms with Gasteiger partial charge in [0, 0.05) is 6.20 Å². The summed E-state index contributed by atoms with van der Waals surface area (Å²) < 4.78 is 5.23. The van der Waals surface area contributed by atoms with Gasteiger partial charge in [-0.25, -0.2) is 9.69 Å². The van der Waals surface area contributed by atoms with Gasteiger partial charge in [-0.15, -0.1) is 0 Å². The number of carbonyl (C=O) groups is 3. The van der Waals surface area contributed by atoms with Crippen molar-refractivity contribution in [2.24, 2.45) is 17.3 Å². The maximum Gasteiger partial charge on any atom is 0.334 e. The van der Waals surface area contributed by atoms with Crippen molar-refractivity contribution in [3.05, 3.63) is 23.9 Å². The number of nitrogens with zero attached hydrogens (tertiary/aromatic N) is 2. The summed E-state index contributed by atoms with van der Waals surface area (Å²) in [4.78, 5) is 38.4. The van der Waals surface area contributed by atoms with E-state index in [1.54, 1.807) is 13.0 Å². The topological polar surface area (TPSA) is 66.9 Å². The molecular weight excluding hydrogens is 296 g/mol. The molecule has 0 N–H and O–H groups in total. The Bertz CT molecular complexity index is 587. The Morgan fingerprint density at radius 1 is 1.35 bits per heavy atom. The Balaban J connectivity index is 1.94. The fourth-order valence-electron chi connectivity index (χ4n) is 3.00. The smallest absolute Gasteiger partial charge is 0.334 e. The van der Waals surface area contributed by atoms with Crippen molar-refractivity contribution in [3.8, 4) is 0 Å². The maximum absolute atomic E-state index is 12.3. The molecule has 23 heavy (non-hydrogen) atoms. The summed E-state index contributed by atoms with van der Waals surface area (Å²) in [5, 5.41) is 0. The molecule has 1 saturated carbocycles. The van der Waals surface area contributed by atoms with E-state index in [1.807, 2.05) is 27.7 Å². The Hall–Kier alpha value is -2.11. The molecule has 2 atom stereocenters. The highest BCUT2D eigenvalue weighted by atomic mass is 16.5. The number of imide groups is 1. The minimum Gasteiger partial charge on any atom is -0.443 e. The molecule has 2 fully saturated rings. The van der Waals surface area contributed by atoms with E-state index in [0.717, 1.165) is 10.5 Å². The number of amides is 3. The molecule has 1 aliphatic carbocycles. The van der Waals surface area contributed by atoms with Crippen molar-refractivity contribution in [1.82, 2.24) is 9.80 Å². The van der Waals surface area contributed by atoms with Crippen LogP contribution in [0.5, 0.6) is 0 Å². The van der Waals surface area contributed by atoms with Crippen molar-refractivity contribution in [1.29, 1.82) is 0 Å². The van der Waals surface area contributed by atoms with Gasteiger partial charge < -0.3 is 4.74 Å². The number of carbonyl (C=O) groups excluding carboxylic acids is 3. The summed E-state index contributed by atoms with van der Waals surface area (Å²) >= 11 is 0. The molecule has 6 nitrogen and oxygen atoms in total. The number of allylic oxidation sites excluding steroid dienone is 3. The zero-order chi connectivity index (χ0) is 17.4. The number of rotatable bonds is 5. The first-order valence-electron chi connectivity index (χ1n) is 7.75. The predicted molar refractivity (Wildman–Crippen MR) is 84.9 cm³/mol. The summed E-state index contributed by atoms with van der Waals surface area (Å²) in [5.41, 5.74) is 1.01. The first kappa shape index (κ1) is 17.2. The third kappa shape index (κ3) is 3.30. The Labute approximate surface area is 136 Å².